The number of nitrogens with zero attached hydrogens (tertiary/aromatic N) is 1. The number of urea groups is 1. The van der Waals surface area contributed by atoms with E-state index in [-0.39, 0.29) is 11.9 Å². The molecule has 2 N–H and O–H groups in total. The van der Waals surface area contributed by atoms with E-state index in [0.29, 0.717) is 17.4 Å². The molecule has 0 bridgehead atoms. The first-order valence-electron chi connectivity index (χ1n) is 10.8. The summed E-state index contributed by atoms with van der Waals surface area (Å²) in [7, 11) is 0. The zero-order chi connectivity index (χ0) is 22.8. The van der Waals surface area contributed by atoms with Crippen LogP contribution in [0.1, 0.15) is 52.5 Å². The molecule has 4 amide bonds. The molecule has 0 radical (unpaired) electrons. The fourth-order valence-electron chi connectivity index (χ4n) is 4.31. The molecule has 1 aliphatic carbocycles. The Kier molecular flexibility index (Phi) is 6.67. The molecular weight excluding hydrogens is 398 g/mol. The number of imide groups is 1. The van der Waals surface area contributed by atoms with Crippen molar-refractivity contribution in [3.05, 3.63) is 35.9 Å². The molecule has 5 atom stereocenters. The summed E-state index contributed by atoms with van der Waals surface area (Å²) >= 11 is 0. The lowest BCUT2D eigenvalue weighted by Crippen LogP contribution is -2.48. The summed E-state index contributed by atoms with van der Waals surface area (Å²) in [5, 5.41) is 5.62. The number of esters is 1. The molecule has 1 heterocycles. The number of carbonyl (C=O) groups is 4. The number of rotatable bonds is 6. The van der Waals surface area contributed by atoms with Crippen LogP contribution in [0.25, 0.3) is 0 Å². The number of nitrogens with one attached hydrogen (secondary N) is 2. The van der Waals surface area contributed by atoms with Crippen molar-refractivity contribution in [1.29, 1.82) is 0 Å². The molecule has 0 unspecified atom stereocenters. The summed E-state index contributed by atoms with van der Waals surface area (Å²) in [5.41, 5.74) is -0.636. The molecule has 8 nitrogen and oxygen atoms in total. The number of hydrogen-bond acceptors (Lipinski definition) is 5. The largest absolute Gasteiger partial charge is 0.451 e. The zero-order valence-electron chi connectivity index (χ0n) is 18.5. The average molecular weight is 430 g/mol. The van der Waals surface area contributed by atoms with Crippen LogP contribution < -0.4 is 10.6 Å². The summed E-state index contributed by atoms with van der Waals surface area (Å²) in [4.78, 5) is 51.0. The second-order valence-electron chi connectivity index (χ2n) is 8.83. The van der Waals surface area contributed by atoms with Crippen LogP contribution in [0, 0.1) is 11.8 Å². The summed E-state index contributed by atoms with van der Waals surface area (Å²) < 4.78 is 5.22. The molecule has 2 aliphatic rings. The first kappa shape index (κ1) is 22.8. The molecular formula is C23H31N3O5. The Labute approximate surface area is 182 Å². The fourth-order valence-corrected chi connectivity index (χ4v) is 4.31. The molecule has 1 saturated heterocycles. The number of carbonyl (C=O) groups excluding carboxylic acids is 4. The smallest absolute Gasteiger partial charge is 0.327 e. The topological polar surface area (TPSA) is 105 Å². The van der Waals surface area contributed by atoms with Crippen molar-refractivity contribution in [1.82, 2.24) is 15.5 Å². The van der Waals surface area contributed by atoms with Gasteiger partial charge in [-0.2, -0.15) is 0 Å². The molecule has 3 rings (SSSR count). The van der Waals surface area contributed by atoms with Crippen LogP contribution in [-0.4, -0.2) is 47.4 Å². The number of ether oxygens (including phenoxy) is 1. The van der Waals surface area contributed by atoms with E-state index in [1.54, 1.807) is 31.2 Å². The van der Waals surface area contributed by atoms with Crippen LogP contribution in [0.4, 0.5) is 4.79 Å². The molecule has 1 aromatic carbocycles. The lowest BCUT2D eigenvalue weighted by molar-refractivity contribution is -0.157. The molecule has 2 fully saturated rings. The van der Waals surface area contributed by atoms with Gasteiger partial charge in [0.25, 0.3) is 11.8 Å². The van der Waals surface area contributed by atoms with E-state index in [9.17, 15) is 19.2 Å². The van der Waals surface area contributed by atoms with Crippen LogP contribution in [0.15, 0.2) is 30.3 Å². The quantitative estimate of drug-likeness (QED) is 0.533. The molecule has 168 valence electrons. The second-order valence-corrected chi connectivity index (χ2v) is 8.83. The Morgan fingerprint density at radius 1 is 1.23 bits per heavy atom. The monoisotopic (exact) mass is 429 g/mol. The van der Waals surface area contributed by atoms with Gasteiger partial charge in [-0.05, 0) is 37.7 Å². The van der Waals surface area contributed by atoms with E-state index in [1.165, 1.54) is 6.92 Å². The standard InChI is InChI=1S/C23H31N3O5/c1-14-9-8-12-18(15(14)2)24-20(28)16(3)31-19(27)13-26-21(29)23(4,25-22(26)30)17-10-6-5-7-11-17/h5-7,10-11,14-16,18H,8-9,12-13H2,1-4H3,(H,24,28)(H,25,30)/t14-,15-,16-,18-,23-/m1/s1. The maximum Gasteiger partial charge on any atom is 0.327 e. The normalized spacial score (nSPS) is 29.3. The maximum absolute atomic E-state index is 12.9. The van der Waals surface area contributed by atoms with E-state index in [4.69, 9.17) is 4.74 Å². The van der Waals surface area contributed by atoms with E-state index in [2.05, 4.69) is 24.5 Å². The summed E-state index contributed by atoms with van der Waals surface area (Å²) in [6, 6.07) is 8.20. The summed E-state index contributed by atoms with van der Waals surface area (Å²) in [6.07, 6.45) is 2.08. The minimum Gasteiger partial charge on any atom is -0.451 e. The van der Waals surface area contributed by atoms with Gasteiger partial charge < -0.3 is 15.4 Å². The van der Waals surface area contributed by atoms with Gasteiger partial charge in [-0.3, -0.25) is 19.3 Å². The van der Waals surface area contributed by atoms with Crippen LogP contribution >= 0.6 is 0 Å². The van der Waals surface area contributed by atoms with Gasteiger partial charge in [0.15, 0.2) is 6.10 Å². The Bertz CT molecular complexity index is 858. The van der Waals surface area contributed by atoms with Crippen molar-refractivity contribution in [2.75, 3.05) is 6.54 Å². The maximum atomic E-state index is 12.9. The van der Waals surface area contributed by atoms with Crippen molar-refractivity contribution in [2.45, 2.75) is 64.6 Å². The van der Waals surface area contributed by atoms with Crippen molar-refractivity contribution < 1.29 is 23.9 Å². The van der Waals surface area contributed by atoms with Gasteiger partial charge >= 0.3 is 12.0 Å². The summed E-state index contributed by atoms with van der Waals surface area (Å²) in [6.45, 7) is 6.82. The number of benzene rings is 1. The van der Waals surface area contributed by atoms with E-state index in [1.807, 2.05) is 6.07 Å². The Morgan fingerprint density at radius 2 is 1.90 bits per heavy atom. The van der Waals surface area contributed by atoms with Crippen molar-refractivity contribution in [2.24, 2.45) is 11.8 Å². The van der Waals surface area contributed by atoms with Crippen LogP contribution in [0.2, 0.25) is 0 Å². The number of hydrogen-bond donors (Lipinski definition) is 2. The van der Waals surface area contributed by atoms with Crippen LogP contribution in [0.5, 0.6) is 0 Å². The third kappa shape index (κ3) is 4.73. The minimum absolute atomic E-state index is 0.0509. The van der Waals surface area contributed by atoms with Gasteiger partial charge in [0, 0.05) is 6.04 Å². The predicted octanol–water partition coefficient (Wildman–Crippen LogP) is 2.33. The highest BCUT2D eigenvalue weighted by Crippen LogP contribution is 2.30. The lowest BCUT2D eigenvalue weighted by Gasteiger charge is -2.35. The van der Waals surface area contributed by atoms with Crippen molar-refractivity contribution >= 4 is 23.8 Å². The lowest BCUT2D eigenvalue weighted by atomic mass is 9.78. The first-order chi connectivity index (χ1) is 14.6. The van der Waals surface area contributed by atoms with E-state index >= 15 is 0 Å². The highest BCUT2D eigenvalue weighted by Gasteiger charge is 2.49. The van der Waals surface area contributed by atoms with Gasteiger partial charge in [-0.1, -0.05) is 57.0 Å². The molecule has 0 aromatic heterocycles. The number of amides is 4. The van der Waals surface area contributed by atoms with Crippen molar-refractivity contribution in [3.63, 3.8) is 0 Å². The van der Waals surface area contributed by atoms with Crippen molar-refractivity contribution in [3.8, 4) is 0 Å². The molecule has 31 heavy (non-hydrogen) atoms. The van der Waals surface area contributed by atoms with Crippen LogP contribution in [-0.2, 0) is 24.7 Å². The van der Waals surface area contributed by atoms with E-state index < -0.39 is 36.1 Å². The Balaban J connectivity index is 1.57. The molecule has 1 aliphatic heterocycles. The van der Waals surface area contributed by atoms with Gasteiger partial charge in [0.05, 0.1) is 0 Å². The average Bonchev–Trinajstić information content (AvgIpc) is 2.96. The van der Waals surface area contributed by atoms with Crippen LogP contribution in [0.3, 0.4) is 0 Å². The summed E-state index contributed by atoms with van der Waals surface area (Å²) in [5.74, 6) is -0.848. The fraction of sp³-hybridized carbons (Fsp3) is 0.565. The SMILES string of the molecule is C[C@@H]1[C@H](C)CCC[C@H]1NC(=O)[C@@H](C)OC(=O)CN1C(=O)N[C@](C)(c2ccccc2)C1=O. The van der Waals surface area contributed by atoms with Gasteiger partial charge in [0.1, 0.15) is 12.1 Å². The first-order valence-corrected chi connectivity index (χ1v) is 10.8. The molecule has 8 heteroatoms. The minimum atomic E-state index is -1.25. The van der Waals surface area contributed by atoms with E-state index in [0.717, 1.165) is 24.2 Å². The third-order valence-electron chi connectivity index (χ3n) is 6.63. The molecule has 0 spiro atoms. The van der Waals surface area contributed by atoms with Gasteiger partial charge in [-0.25, -0.2) is 4.79 Å². The third-order valence-corrected chi connectivity index (χ3v) is 6.63. The van der Waals surface area contributed by atoms with Gasteiger partial charge in [-0.15, -0.1) is 0 Å². The zero-order valence-corrected chi connectivity index (χ0v) is 18.5. The Morgan fingerprint density at radius 3 is 2.58 bits per heavy atom. The molecule has 1 saturated carbocycles. The highest BCUT2D eigenvalue weighted by atomic mass is 16.5. The second kappa shape index (κ2) is 9.08. The highest BCUT2D eigenvalue weighted by molar-refractivity contribution is 6.08. The Hall–Kier alpha value is -2.90. The molecule has 1 aromatic rings. The van der Waals surface area contributed by atoms with Gasteiger partial charge in [0.2, 0.25) is 0 Å². The predicted molar refractivity (Wildman–Crippen MR) is 114 cm³/mol.